The van der Waals surface area contributed by atoms with Crippen LogP contribution >= 0.6 is 11.6 Å². The third-order valence-electron chi connectivity index (χ3n) is 3.62. The first-order valence-electron chi connectivity index (χ1n) is 7.53. The molecule has 2 rings (SSSR count). The van der Waals surface area contributed by atoms with Gasteiger partial charge in [-0.15, -0.1) is 0 Å². The maximum atomic E-state index is 12.2. The van der Waals surface area contributed by atoms with Crippen LogP contribution < -0.4 is 4.72 Å². The van der Waals surface area contributed by atoms with Crippen LogP contribution in [0.5, 0.6) is 0 Å². The van der Waals surface area contributed by atoms with Crippen molar-refractivity contribution in [1.29, 1.82) is 0 Å². The summed E-state index contributed by atoms with van der Waals surface area (Å²) in [5.74, 6) is -0.174. The van der Waals surface area contributed by atoms with Gasteiger partial charge in [0.15, 0.2) is 0 Å². The number of carbonyl (C=O) groups is 1. The van der Waals surface area contributed by atoms with Crippen LogP contribution in [0.2, 0.25) is 5.02 Å². The first-order valence-corrected chi connectivity index (χ1v) is 9.40. The minimum Gasteiger partial charge on any atom is -0.338 e. The molecule has 0 heterocycles. The smallest absolute Gasteiger partial charge is 0.246 e. The van der Waals surface area contributed by atoms with Crippen LogP contribution in [-0.2, 0) is 21.4 Å². The third kappa shape index (κ3) is 5.16. The molecule has 0 bridgehead atoms. The summed E-state index contributed by atoms with van der Waals surface area (Å²) in [5.41, 5.74) is 1.60. The van der Waals surface area contributed by atoms with E-state index in [1.54, 1.807) is 36.2 Å². The van der Waals surface area contributed by atoms with E-state index in [0.29, 0.717) is 11.6 Å². The molecule has 0 unspecified atom stereocenters. The van der Waals surface area contributed by atoms with Crippen molar-refractivity contribution in [2.24, 2.45) is 0 Å². The van der Waals surface area contributed by atoms with Crippen LogP contribution in [0.15, 0.2) is 59.5 Å². The number of hydrogen-bond donors (Lipinski definition) is 1. The topological polar surface area (TPSA) is 66.5 Å². The van der Waals surface area contributed by atoms with Gasteiger partial charge in [-0.3, -0.25) is 4.79 Å². The van der Waals surface area contributed by atoms with E-state index < -0.39 is 10.0 Å². The Morgan fingerprint density at radius 2 is 1.80 bits per heavy atom. The van der Waals surface area contributed by atoms with Crippen LogP contribution in [-0.4, -0.2) is 33.3 Å². The number of carbonyl (C=O) groups excluding carboxylic acids is 1. The third-order valence-corrected chi connectivity index (χ3v) is 5.42. The van der Waals surface area contributed by atoms with Crippen molar-refractivity contribution in [3.05, 3.63) is 70.8 Å². The number of amides is 1. The van der Waals surface area contributed by atoms with Crippen molar-refractivity contribution in [2.75, 3.05) is 14.1 Å². The van der Waals surface area contributed by atoms with E-state index >= 15 is 0 Å². The molecule has 2 aromatic rings. The fourth-order valence-corrected chi connectivity index (χ4v) is 3.06. The molecule has 1 N–H and O–H groups in total. The molecule has 5 nitrogen and oxygen atoms in total. The lowest BCUT2D eigenvalue weighted by molar-refractivity contribution is -0.125. The molecule has 0 aromatic heterocycles. The van der Waals surface area contributed by atoms with Crippen molar-refractivity contribution >= 4 is 33.6 Å². The zero-order valence-electron chi connectivity index (χ0n) is 13.9. The number of sulfonamides is 1. The Hall–Kier alpha value is -2.15. The quantitative estimate of drug-likeness (QED) is 0.786. The largest absolute Gasteiger partial charge is 0.338 e. The normalized spacial score (nSPS) is 11.6. The predicted octanol–water partition coefficient (Wildman–Crippen LogP) is 2.92. The second-order valence-corrected chi connectivity index (χ2v) is 7.69. The molecule has 1 amide bonds. The molecular formula is C18H19ClN2O3S. The number of hydrogen-bond acceptors (Lipinski definition) is 3. The predicted molar refractivity (Wildman–Crippen MR) is 99.6 cm³/mol. The SMILES string of the molecule is CNS(=O)(=O)c1ccc(/C=C/C(=O)N(C)Cc2ccccc2Cl)cc1. The highest BCUT2D eigenvalue weighted by molar-refractivity contribution is 7.89. The molecule has 0 spiro atoms. The summed E-state index contributed by atoms with van der Waals surface area (Å²) in [6.07, 6.45) is 3.08. The molecule has 0 aliphatic rings. The van der Waals surface area contributed by atoms with Crippen molar-refractivity contribution in [1.82, 2.24) is 9.62 Å². The number of rotatable bonds is 6. The first-order chi connectivity index (χ1) is 11.8. The van der Waals surface area contributed by atoms with Crippen LogP contribution in [0.3, 0.4) is 0 Å². The van der Waals surface area contributed by atoms with Crippen molar-refractivity contribution < 1.29 is 13.2 Å². The zero-order valence-corrected chi connectivity index (χ0v) is 15.5. The molecule has 0 radical (unpaired) electrons. The lowest BCUT2D eigenvalue weighted by atomic mass is 10.2. The fourth-order valence-electron chi connectivity index (χ4n) is 2.13. The number of halogens is 1. The van der Waals surface area contributed by atoms with Crippen molar-refractivity contribution in [3.63, 3.8) is 0 Å². The van der Waals surface area contributed by atoms with E-state index in [-0.39, 0.29) is 10.8 Å². The maximum absolute atomic E-state index is 12.2. The van der Waals surface area contributed by atoms with Crippen molar-refractivity contribution in [3.8, 4) is 0 Å². The van der Waals surface area contributed by atoms with E-state index in [0.717, 1.165) is 11.1 Å². The average Bonchev–Trinajstić information content (AvgIpc) is 2.61. The van der Waals surface area contributed by atoms with Crippen LogP contribution in [0.4, 0.5) is 0 Å². The van der Waals surface area contributed by atoms with Crippen LogP contribution in [0.1, 0.15) is 11.1 Å². The van der Waals surface area contributed by atoms with Gasteiger partial charge < -0.3 is 4.90 Å². The Morgan fingerprint density at radius 1 is 1.16 bits per heavy atom. The first kappa shape index (κ1) is 19.2. The van der Waals surface area contributed by atoms with Gasteiger partial charge >= 0.3 is 0 Å². The summed E-state index contributed by atoms with van der Waals surface area (Å²) in [6.45, 7) is 0.405. The lowest BCUT2D eigenvalue weighted by Crippen LogP contribution is -2.24. The zero-order chi connectivity index (χ0) is 18.4. The van der Waals surface area contributed by atoms with Gasteiger partial charge in [-0.25, -0.2) is 13.1 Å². The molecule has 0 saturated carbocycles. The van der Waals surface area contributed by atoms with Gasteiger partial charge in [0.25, 0.3) is 0 Å². The molecule has 7 heteroatoms. The Kier molecular flexibility index (Phi) is 6.36. The van der Waals surface area contributed by atoms with E-state index in [4.69, 9.17) is 11.6 Å². The van der Waals surface area contributed by atoms with E-state index in [9.17, 15) is 13.2 Å². The Bertz CT molecular complexity index is 877. The number of benzene rings is 2. The second-order valence-electron chi connectivity index (χ2n) is 5.40. The van der Waals surface area contributed by atoms with Crippen LogP contribution in [0.25, 0.3) is 6.08 Å². The summed E-state index contributed by atoms with van der Waals surface area (Å²) in [6, 6.07) is 13.6. The highest BCUT2D eigenvalue weighted by atomic mass is 35.5. The second kappa shape index (κ2) is 8.29. The molecule has 2 aromatic carbocycles. The minimum absolute atomic E-state index is 0.174. The summed E-state index contributed by atoms with van der Waals surface area (Å²) in [5, 5.41) is 0.618. The van der Waals surface area contributed by atoms with E-state index in [1.165, 1.54) is 25.3 Å². The molecular weight excluding hydrogens is 360 g/mol. The molecule has 0 aliphatic carbocycles. The summed E-state index contributed by atoms with van der Waals surface area (Å²) >= 11 is 6.10. The molecule has 0 fully saturated rings. The maximum Gasteiger partial charge on any atom is 0.246 e. The highest BCUT2D eigenvalue weighted by Gasteiger charge is 2.10. The van der Waals surface area contributed by atoms with E-state index in [2.05, 4.69) is 4.72 Å². The molecule has 25 heavy (non-hydrogen) atoms. The van der Waals surface area contributed by atoms with Gasteiger partial charge in [0, 0.05) is 24.7 Å². The standard InChI is InChI=1S/C18H19ClN2O3S/c1-20-25(23,24)16-10-7-14(8-11-16)9-12-18(22)21(2)13-15-5-3-4-6-17(15)19/h3-12,20H,13H2,1-2H3/b12-9+. The lowest BCUT2D eigenvalue weighted by Gasteiger charge is -2.16. The Balaban J connectivity index is 2.03. The van der Waals surface area contributed by atoms with E-state index in [1.807, 2.05) is 18.2 Å². The van der Waals surface area contributed by atoms with Crippen molar-refractivity contribution in [2.45, 2.75) is 11.4 Å². The number of nitrogens with one attached hydrogen (secondary N) is 1. The monoisotopic (exact) mass is 378 g/mol. The van der Waals surface area contributed by atoms with Gasteiger partial charge in [0.1, 0.15) is 0 Å². The van der Waals surface area contributed by atoms with Gasteiger partial charge in [0.2, 0.25) is 15.9 Å². The molecule has 132 valence electrons. The van der Waals surface area contributed by atoms with Gasteiger partial charge in [-0.2, -0.15) is 0 Å². The van der Waals surface area contributed by atoms with Gasteiger partial charge in [0.05, 0.1) is 4.90 Å². The average molecular weight is 379 g/mol. The fraction of sp³-hybridized carbons (Fsp3) is 0.167. The highest BCUT2D eigenvalue weighted by Crippen LogP contribution is 2.17. The molecule has 0 saturated heterocycles. The Labute approximate surface area is 153 Å². The molecule has 0 aliphatic heterocycles. The summed E-state index contributed by atoms with van der Waals surface area (Å²) in [4.78, 5) is 13.9. The Morgan fingerprint density at radius 3 is 2.40 bits per heavy atom. The number of likely N-dealkylation sites (N-methyl/N-ethyl adjacent to an activating group) is 1. The molecule has 0 atom stereocenters. The summed E-state index contributed by atoms with van der Waals surface area (Å²) in [7, 11) is -0.409. The number of nitrogens with zero attached hydrogens (tertiary/aromatic N) is 1. The van der Waals surface area contributed by atoms with Gasteiger partial charge in [-0.1, -0.05) is 41.9 Å². The van der Waals surface area contributed by atoms with Gasteiger partial charge in [-0.05, 0) is 42.4 Å². The summed E-state index contributed by atoms with van der Waals surface area (Å²) < 4.78 is 25.6. The minimum atomic E-state index is -3.46. The van der Waals surface area contributed by atoms with Crippen LogP contribution in [0, 0.1) is 0 Å².